The number of nitrogens with one attached hydrogen (secondary N) is 2. The van der Waals surface area contributed by atoms with E-state index in [-0.39, 0.29) is 17.9 Å². The van der Waals surface area contributed by atoms with Crippen LogP contribution in [0.25, 0.3) is 11.0 Å². The number of imidazole rings is 1. The monoisotopic (exact) mass is 380 g/mol. The summed E-state index contributed by atoms with van der Waals surface area (Å²) < 4.78 is 52.3. The van der Waals surface area contributed by atoms with Crippen LogP contribution < -0.4 is 11.1 Å². The van der Waals surface area contributed by atoms with Crippen molar-refractivity contribution in [3.05, 3.63) is 58.9 Å². The summed E-state index contributed by atoms with van der Waals surface area (Å²) in [5.41, 5.74) is 6.09. The van der Waals surface area contributed by atoms with Gasteiger partial charge in [-0.25, -0.2) is 9.37 Å². The second kappa shape index (κ2) is 6.90. The largest absolute Gasteiger partial charge is 0.416 e. The third-order valence-corrected chi connectivity index (χ3v) is 4.06. The number of anilines is 1. The molecule has 1 heterocycles. The van der Waals surface area contributed by atoms with Gasteiger partial charge in [-0.15, -0.1) is 0 Å². The van der Waals surface area contributed by atoms with Gasteiger partial charge in [0.25, 0.3) is 0 Å². The number of carbonyl (C=O) groups excluding carboxylic acids is 1. The Balaban J connectivity index is 1.89. The van der Waals surface area contributed by atoms with Crippen molar-refractivity contribution in [2.45, 2.75) is 25.6 Å². The van der Waals surface area contributed by atoms with Crippen molar-refractivity contribution in [1.82, 2.24) is 9.97 Å². The van der Waals surface area contributed by atoms with Gasteiger partial charge < -0.3 is 16.0 Å². The van der Waals surface area contributed by atoms with Crippen LogP contribution >= 0.6 is 0 Å². The summed E-state index contributed by atoms with van der Waals surface area (Å²) in [7, 11) is 0. The number of aromatic amines is 1. The minimum atomic E-state index is -4.64. The number of fused-ring (bicyclic) bond motifs is 1. The molecule has 0 aliphatic rings. The van der Waals surface area contributed by atoms with Gasteiger partial charge in [-0.1, -0.05) is 12.1 Å². The minimum absolute atomic E-state index is 0.00995. The highest BCUT2D eigenvalue weighted by Crippen LogP contribution is 2.32. The van der Waals surface area contributed by atoms with Crippen molar-refractivity contribution < 1.29 is 22.4 Å². The summed E-state index contributed by atoms with van der Waals surface area (Å²) in [4.78, 5) is 18.5. The SMILES string of the molecule is C[C@@H](Nc1nc2c(CC(N)=O)cccc2[nH]1)c1cc(F)cc(C(F)(F)F)c1. The topological polar surface area (TPSA) is 83.8 Å². The first kappa shape index (κ1) is 18.7. The number of para-hydroxylation sites is 1. The molecule has 4 N–H and O–H groups in total. The molecule has 9 heteroatoms. The highest BCUT2D eigenvalue weighted by atomic mass is 19.4. The molecular weight excluding hydrogens is 364 g/mol. The van der Waals surface area contributed by atoms with Crippen LogP contribution in [0.4, 0.5) is 23.5 Å². The number of amides is 1. The Labute approximate surface area is 151 Å². The zero-order valence-electron chi connectivity index (χ0n) is 14.2. The second-order valence-corrected chi connectivity index (χ2v) is 6.18. The molecule has 0 saturated heterocycles. The number of aromatic nitrogens is 2. The first-order valence-corrected chi connectivity index (χ1v) is 8.03. The van der Waals surface area contributed by atoms with E-state index in [4.69, 9.17) is 5.73 Å². The molecule has 27 heavy (non-hydrogen) atoms. The Hall–Kier alpha value is -3.10. The minimum Gasteiger partial charge on any atom is -0.369 e. The second-order valence-electron chi connectivity index (χ2n) is 6.18. The number of halogens is 4. The number of alkyl halides is 3. The number of hydrogen-bond donors (Lipinski definition) is 3. The van der Waals surface area contributed by atoms with E-state index in [0.717, 1.165) is 12.1 Å². The molecule has 5 nitrogen and oxygen atoms in total. The molecule has 1 aromatic heterocycles. The van der Waals surface area contributed by atoms with Gasteiger partial charge >= 0.3 is 6.18 Å². The van der Waals surface area contributed by atoms with E-state index in [1.807, 2.05) is 0 Å². The fraction of sp³-hybridized carbons (Fsp3) is 0.222. The van der Waals surface area contributed by atoms with Gasteiger partial charge in [-0.2, -0.15) is 13.2 Å². The average Bonchev–Trinajstić information content (AvgIpc) is 2.96. The van der Waals surface area contributed by atoms with Gasteiger partial charge in [-0.3, -0.25) is 4.79 Å². The lowest BCUT2D eigenvalue weighted by molar-refractivity contribution is -0.137. The van der Waals surface area contributed by atoms with E-state index >= 15 is 0 Å². The molecule has 0 aliphatic carbocycles. The summed E-state index contributed by atoms with van der Waals surface area (Å²) in [6.45, 7) is 1.59. The molecule has 1 amide bonds. The van der Waals surface area contributed by atoms with Crippen LogP contribution in [0.3, 0.4) is 0 Å². The Bertz CT molecular complexity index is 997. The van der Waals surface area contributed by atoms with E-state index in [2.05, 4.69) is 15.3 Å². The van der Waals surface area contributed by atoms with E-state index in [9.17, 15) is 22.4 Å². The predicted octanol–water partition coefficient (Wildman–Crippen LogP) is 3.92. The molecule has 0 unspecified atom stereocenters. The Kier molecular flexibility index (Phi) is 4.77. The van der Waals surface area contributed by atoms with E-state index < -0.39 is 29.5 Å². The van der Waals surface area contributed by atoms with Crippen LogP contribution in [0.15, 0.2) is 36.4 Å². The van der Waals surface area contributed by atoms with E-state index in [0.29, 0.717) is 22.7 Å². The van der Waals surface area contributed by atoms with Crippen LogP contribution in [-0.2, 0) is 17.4 Å². The summed E-state index contributed by atoms with van der Waals surface area (Å²) in [6.07, 6.45) is -4.63. The number of nitrogens with zero attached hydrogens (tertiary/aromatic N) is 1. The van der Waals surface area contributed by atoms with Gasteiger partial charge in [0.1, 0.15) is 5.82 Å². The maximum Gasteiger partial charge on any atom is 0.416 e. The smallest absolute Gasteiger partial charge is 0.369 e. The fourth-order valence-corrected chi connectivity index (χ4v) is 2.80. The van der Waals surface area contributed by atoms with Crippen molar-refractivity contribution in [1.29, 1.82) is 0 Å². The van der Waals surface area contributed by atoms with Crippen molar-refractivity contribution in [2.75, 3.05) is 5.32 Å². The summed E-state index contributed by atoms with van der Waals surface area (Å²) >= 11 is 0. The van der Waals surface area contributed by atoms with Gasteiger partial charge in [0.2, 0.25) is 11.9 Å². The standard InChI is InChI=1S/C18H16F4N4O/c1-9(11-5-12(18(20,21)22)8-13(19)6-11)24-17-25-14-4-2-3-10(7-15(23)27)16(14)26-17/h2-6,8-9H,7H2,1H3,(H2,23,27)(H2,24,25,26)/t9-/m1/s1. The van der Waals surface area contributed by atoms with Crippen LogP contribution in [0.5, 0.6) is 0 Å². The third kappa shape index (κ3) is 4.18. The molecule has 0 saturated carbocycles. The van der Waals surface area contributed by atoms with E-state index in [1.165, 1.54) is 0 Å². The maximum atomic E-state index is 13.6. The van der Waals surface area contributed by atoms with Crippen LogP contribution in [0, 0.1) is 5.82 Å². The highest BCUT2D eigenvalue weighted by Gasteiger charge is 2.31. The number of H-pyrrole nitrogens is 1. The van der Waals surface area contributed by atoms with Crippen molar-refractivity contribution in [3.8, 4) is 0 Å². The van der Waals surface area contributed by atoms with Crippen LogP contribution in [0.1, 0.15) is 29.7 Å². The van der Waals surface area contributed by atoms with Gasteiger partial charge in [-0.05, 0) is 42.3 Å². The lowest BCUT2D eigenvalue weighted by Crippen LogP contribution is -2.13. The molecular formula is C18H16F4N4O. The van der Waals surface area contributed by atoms with Gasteiger partial charge in [0.05, 0.1) is 29.1 Å². The number of primary amides is 1. The highest BCUT2D eigenvalue weighted by molar-refractivity contribution is 5.86. The molecule has 3 rings (SSSR count). The lowest BCUT2D eigenvalue weighted by Gasteiger charge is -2.16. The normalized spacial score (nSPS) is 12.9. The van der Waals surface area contributed by atoms with Crippen molar-refractivity contribution in [2.24, 2.45) is 5.73 Å². The molecule has 0 radical (unpaired) electrons. The number of nitrogens with two attached hydrogens (primary N) is 1. The molecule has 142 valence electrons. The number of rotatable bonds is 5. The number of carbonyl (C=O) groups is 1. The zero-order valence-corrected chi connectivity index (χ0v) is 14.2. The third-order valence-electron chi connectivity index (χ3n) is 4.06. The number of hydrogen-bond acceptors (Lipinski definition) is 3. The first-order chi connectivity index (χ1) is 12.6. The fourth-order valence-electron chi connectivity index (χ4n) is 2.80. The molecule has 0 aliphatic heterocycles. The van der Waals surface area contributed by atoms with Crippen LogP contribution in [-0.4, -0.2) is 15.9 Å². The molecule has 1 atom stereocenters. The quantitative estimate of drug-likeness (QED) is 0.587. The van der Waals surface area contributed by atoms with Crippen molar-refractivity contribution in [3.63, 3.8) is 0 Å². The Morgan fingerprint density at radius 3 is 2.70 bits per heavy atom. The Morgan fingerprint density at radius 2 is 2.04 bits per heavy atom. The summed E-state index contributed by atoms with van der Waals surface area (Å²) in [5.74, 6) is -1.19. The van der Waals surface area contributed by atoms with Crippen molar-refractivity contribution >= 4 is 22.9 Å². The predicted molar refractivity (Wildman–Crippen MR) is 92.4 cm³/mol. The zero-order chi connectivity index (χ0) is 19.8. The van der Waals surface area contributed by atoms with Crippen LogP contribution in [0.2, 0.25) is 0 Å². The van der Waals surface area contributed by atoms with Gasteiger partial charge in [0.15, 0.2) is 0 Å². The van der Waals surface area contributed by atoms with Gasteiger partial charge in [0, 0.05) is 0 Å². The lowest BCUT2D eigenvalue weighted by atomic mass is 10.0. The summed E-state index contributed by atoms with van der Waals surface area (Å²) in [6, 6.07) is 6.91. The number of benzene rings is 2. The molecule has 0 bridgehead atoms. The Morgan fingerprint density at radius 1 is 1.30 bits per heavy atom. The summed E-state index contributed by atoms with van der Waals surface area (Å²) in [5, 5.41) is 2.92. The van der Waals surface area contributed by atoms with E-state index in [1.54, 1.807) is 25.1 Å². The molecule has 3 aromatic rings. The molecule has 2 aromatic carbocycles. The average molecular weight is 380 g/mol. The maximum absolute atomic E-state index is 13.6. The molecule has 0 fully saturated rings. The first-order valence-electron chi connectivity index (χ1n) is 8.03. The molecule has 0 spiro atoms.